The number of carbonyl (C=O) groups excluding carboxylic acids is 1. The van der Waals surface area contributed by atoms with Crippen LogP contribution in [0.25, 0.3) is 0 Å². The molecular formula is C9H18N2O2. The van der Waals surface area contributed by atoms with Gasteiger partial charge in [-0.25, -0.2) is 0 Å². The van der Waals surface area contributed by atoms with Crippen molar-refractivity contribution in [1.82, 2.24) is 4.90 Å². The van der Waals surface area contributed by atoms with Crippen LogP contribution in [0.15, 0.2) is 0 Å². The molecule has 0 aromatic rings. The first kappa shape index (κ1) is 10.5. The topological polar surface area (TPSA) is 55.6 Å². The highest BCUT2D eigenvalue weighted by Crippen LogP contribution is 2.23. The molecule has 0 aliphatic carbocycles. The number of carbonyl (C=O) groups is 1. The van der Waals surface area contributed by atoms with Crippen LogP contribution in [0.1, 0.15) is 6.92 Å². The molecule has 1 aliphatic heterocycles. The standard InChI is InChI=1S/C9H18N2O2/c1-7-5-11(4-3-10)6-8(7)9(12)13-2/h7-8H,3-6,10H2,1-2H3. The summed E-state index contributed by atoms with van der Waals surface area (Å²) in [7, 11) is 1.45. The molecule has 0 bridgehead atoms. The Hall–Kier alpha value is -0.610. The van der Waals surface area contributed by atoms with Gasteiger partial charge >= 0.3 is 5.97 Å². The molecular weight excluding hydrogens is 168 g/mol. The highest BCUT2D eigenvalue weighted by Gasteiger charge is 2.34. The van der Waals surface area contributed by atoms with Crippen molar-refractivity contribution in [3.8, 4) is 0 Å². The van der Waals surface area contributed by atoms with E-state index in [1.54, 1.807) is 0 Å². The van der Waals surface area contributed by atoms with Crippen LogP contribution in [0, 0.1) is 11.8 Å². The molecule has 0 aromatic heterocycles. The Balaban J connectivity index is 2.46. The van der Waals surface area contributed by atoms with Gasteiger partial charge in [-0.1, -0.05) is 6.92 Å². The molecule has 1 saturated heterocycles. The fourth-order valence-corrected chi connectivity index (χ4v) is 1.89. The minimum absolute atomic E-state index is 0.0385. The van der Waals surface area contributed by atoms with Gasteiger partial charge in [-0.15, -0.1) is 0 Å². The summed E-state index contributed by atoms with van der Waals surface area (Å²) in [6.07, 6.45) is 0. The zero-order chi connectivity index (χ0) is 9.84. The summed E-state index contributed by atoms with van der Waals surface area (Å²) >= 11 is 0. The zero-order valence-electron chi connectivity index (χ0n) is 8.32. The Kier molecular flexibility index (Phi) is 3.69. The number of likely N-dealkylation sites (tertiary alicyclic amines) is 1. The van der Waals surface area contributed by atoms with Crippen molar-refractivity contribution in [2.75, 3.05) is 33.3 Å². The van der Waals surface area contributed by atoms with Crippen molar-refractivity contribution < 1.29 is 9.53 Å². The second kappa shape index (κ2) is 4.58. The van der Waals surface area contributed by atoms with Gasteiger partial charge in [0, 0.05) is 26.2 Å². The Morgan fingerprint density at radius 2 is 2.31 bits per heavy atom. The highest BCUT2D eigenvalue weighted by atomic mass is 16.5. The van der Waals surface area contributed by atoms with Gasteiger partial charge in [-0.3, -0.25) is 4.79 Å². The van der Waals surface area contributed by atoms with E-state index in [2.05, 4.69) is 11.8 Å². The van der Waals surface area contributed by atoms with Crippen molar-refractivity contribution >= 4 is 5.97 Å². The summed E-state index contributed by atoms with van der Waals surface area (Å²) in [5, 5.41) is 0. The van der Waals surface area contributed by atoms with Gasteiger partial charge < -0.3 is 15.4 Å². The quantitative estimate of drug-likeness (QED) is 0.614. The Bertz CT molecular complexity index is 184. The fraction of sp³-hybridized carbons (Fsp3) is 0.889. The second-order valence-electron chi connectivity index (χ2n) is 3.66. The molecule has 0 spiro atoms. The fourth-order valence-electron chi connectivity index (χ4n) is 1.89. The highest BCUT2D eigenvalue weighted by molar-refractivity contribution is 5.73. The number of hydrogen-bond donors (Lipinski definition) is 1. The first-order valence-electron chi connectivity index (χ1n) is 4.69. The molecule has 76 valence electrons. The Labute approximate surface area is 79.0 Å². The van der Waals surface area contributed by atoms with Gasteiger partial charge in [0.25, 0.3) is 0 Å². The summed E-state index contributed by atoms with van der Waals surface area (Å²) in [5.41, 5.74) is 5.45. The summed E-state index contributed by atoms with van der Waals surface area (Å²) in [6, 6.07) is 0. The van der Waals surface area contributed by atoms with Crippen molar-refractivity contribution in [2.45, 2.75) is 6.92 Å². The summed E-state index contributed by atoms with van der Waals surface area (Å²) in [4.78, 5) is 13.5. The van der Waals surface area contributed by atoms with Crippen molar-refractivity contribution in [3.63, 3.8) is 0 Å². The van der Waals surface area contributed by atoms with Gasteiger partial charge in [0.1, 0.15) is 0 Å². The van der Waals surface area contributed by atoms with Crippen LogP contribution in [-0.2, 0) is 9.53 Å². The third-order valence-corrected chi connectivity index (χ3v) is 2.64. The lowest BCUT2D eigenvalue weighted by Crippen LogP contribution is -2.28. The maximum atomic E-state index is 11.3. The third kappa shape index (κ3) is 2.42. The normalized spacial score (nSPS) is 29.2. The van der Waals surface area contributed by atoms with Crippen LogP contribution >= 0.6 is 0 Å². The van der Waals surface area contributed by atoms with E-state index >= 15 is 0 Å². The lowest BCUT2D eigenvalue weighted by molar-refractivity contribution is -0.146. The second-order valence-corrected chi connectivity index (χ2v) is 3.66. The smallest absolute Gasteiger partial charge is 0.310 e. The molecule has 2 atom stereocenters. The predicted molar refractivity (Wildman–Crippen MR) is 50.2 cm³/mol. The molecule has 0 radical (unpaired) electrons. The van der Waals surface area contributed by atoms with Crippen LogP contribution in [0.4, 0.5) is 0 Å². The van der Waals surface area contributed by atoms with Gasteiger partial charge in [-0.2, -0.15) is 0 Å². The maximum Gasteiger partial charge on any atom is 0.310 e. The van der Waals surface area contributed by atoms with Gasteiger partial charge in [0.15, 0.2) is 0 Å². The SMILES string of the molecule is COC(=O)C1CN(CCN)CC1C. The minimum atomic E-state index is -0.0907. The van der Waals surface area contributed by atoms with Crippen LogP contribution < -0.4 is 5.73 Å². The average Bonchev–Trinajstić information content (AvgIpc) is 2.46. The van der Waals surface area contributed by atoms with Crippen molar-refractivity contribution in [2.24, 2.45) is 17.6 Å². The number of esters is 1. The Morgan fingerprint density at radius 1 is 1.62 bits per heavy atom. The lowest BCUT2D eigenvalue weighted by atomic mass is 9.99. The van der Waals surface area contributed by atoms with Crippen molar-refractivity contribution in [1.29, 1.82) is 0 Å². The monoisotopic (exact) mass is 186 g/mol. The molecule has 13 heavy (non-hydrogen) atoms. The van der Waals surface area contributed by atoms with Crippen LogP contribution in [0.3, 0.4) is 0 Å². The van der Waals surface area contributed by atoms with Crippen LogP contribution in [-0.4, -0.2) is 44.2 Å². The number of nitrogens with zero attached hydrogens (tertiary/aromatic N) is 1. The van der Waals surface area contributed by atoms with Gasteiger partial charge in [0.05, 0.1) is 13.0 Å². The third-order valence-electron chi connectivity index (χ3n) is 2.64. The Morgan fingerprint density at radius 3 is 2.85 bits per heavy atom. The predicted octanol–water partition coefficient (Wildman–Crippen LogP) is -0.314. The molecule has 4 nitrogen and oxygen atoms in total. The largest absolute Gasteiger partial charge is 0.469 e. The van der Waals surface area contributed by atoms with Gasteiger partial charge in [-0.05, 0) is 5.92 Å². The number of nitrogens with two attached hydrogens (primary N) is 1. The molecule has 4 heteroatoms. The molecule has 0 saturated carbocycles. The molecule has 1 fully saturated rings. The van der Waals surface area contributed by atoms with E-state index in [1.807, 2.05) is 0 Å². The number of hydrogen-bond acceptors (Lipinski definition) is 4. The summed E-state index contributed by atoms with van der Waals surface area (Å²) in [6.45, 7) is 5.36. The molecule has 2 N–H and O–H groups in total. The number of rotatable bonds is 3. The number of ether oxygens (including phenoxy) is 1. The number of methoxy groups -OCH3 is 1. The van der Waals surface area contributed by atoms with Crippen molar-refractivity contribution in [3.05, 3.63) is 0 Å². The van der Waals surface area contributed by atoms with E-state index < -0.39 is 0 Å². The first-order chi connectivity index (χ1) is 6.19. The van der Waals surface area contributed by atoms with E-state index in [9.17, 15) is 4.79 Å². The first-order valence-corrected chi connectivity index (χ1v) is 4.69. The zero-order valence-corrected chi connectivity index (χ0v) is 8.32. The van der Waals surface area contributed by atoms with Crippen LogP contribution in [0.5, 0.6) is 0 Å². The van der Waals surface area contributed by atoms with E-state index in [-0.39, 0.29) is 11.9 Å². The van der Waals surface area contributed by atoms with E-state index in [0.717, 1.165) is 19.6 Å². The minimum Gasteiger partial charge on any atom is -0.469 e. The van der Waals surface area contributed by atoms with Crippen LogP contribution in [0.2, 0.25) is 0 Å². The maximum absolute atomic E-state index is 11.3. The molecule has 2 unspecified atom stereocenters. The van der Waals surface area contributed by atoms with E-state index in [0.29, 0.717) is 12.5 Å². The molecule has 1 heterocycles. The molecule has 0 amide bonds. The average molecular weight is 186 g/mol. The summed E-state index contributed by atoms with van der Waals surface area (Å²) < 4.78 is 4.73. The molecule has 1 aliphatic rings. The summed E-state index contributed by atoms with van der Waals surface area (Å²) in [5.74, 6) is 0.336. The van der Waals surface area contributed by atoms with E-state index in [4.69, 9.17) is 10.5 Å². The van der Waals surface area contributed by atoms with Gasteiger partial charge in [0.2, 0.25) is 0 Å². The lowest BCUT2D eigenvalue weighted by Gasteiger charge is -2.13. The molecule has 1 rings (SSSR count). The van der Waals surface area contributed by atoms with E-state index in [1.165, 1.54) is 7.11 Å². The molecule has 0 aromatic carbocycles.